The van der Waals surface area contributed by atoms with Crippen LogP contribution in [0.5, 0.6) is 0 Å². The van der Waals surface area contributed by atoms with Gasteiger partial charge in [0.1, 0.15) is 5.82 Å². The minimum Gasteiger partial charge on any atom is -0.294 e. The first-order valence-electron chi connectivity index (χ1n) is 4.18. The molecule has 1 rings (SSSR count). The molecule has 3 heteroatoms. The number of carbonyl (C=O) groups excluding carboxylic acids is 1. The molecule has 0 amide bonds. The summed E-state index contributed by atoms with van der Waals surface area (Å²) < 4.78 is 12.8. The summed E-state index contributed by atoms with van der Waals surface area (Å²) in [6.07, 6.45) is 3.42. The standard InChI is InChI=1S/C11H10ClFO/c1-8(14)11-7-10(13)5-4-9(11)3-2-6-12/h2-5,7H,6H2,1H3. The summed E-state index contributed by atoms with van der Waals surface area (Å²) in [5.74, 6) is -0.189. The van der Waals surface area contributed by atoms with Crippen molar-refractivity contribution in [2.24, 2.45) is 0 Å². The van der Waals surface area contributed by atoms with E-state index in [1.54, 1.807) is 18.2 Å². The van der Waals surface area contributed by atoms with Crippen molar-refractivity contribution in [1.82, 2.24) is 0 Å². The van der Waals surface area contributed by atoms with Crippen molar-refractivity contribution >= 4 is 23.5 Å². The Kier molecular flexibility index (Phi) is 3.84. The Morgan fingerprint density at radius 3 is 2.86 bits per heavy atom. The molecule has 74 valence electrons. The van der Waals surface area contributed by atoms with Gasteiger partial charge in [-0.05, 0) is 24.6 Å². The third-order valence-electron chi connectivity index (χ3n) is 1.78. The number of Topliss-reactive ketones (excluding diaryl/α,β-unsaturated/α-hetero) is 1. The number of hydrogen-bond donors (Lipinski definition) is 0. The van der Waals surface area contributed by atoms with Crippen LogP contribution in [0.3, 0.4) is 0 Å². The molecule has 0 aliphatic heterocycles. The largest absolute Gasteiger partial charge is 0.294 e. The number of ketones is 1. The van der Waals surface area contributed by atoms with Crippen LogP contribution in [0.25, 0.3) is 6.08 Å². The normalized spacial score (nSPS) is 10.8. The van der Waals surface area contributed by atoms with E-state index < -0.39 is 5.82 Å². The lowest BCUT2D eigenvalue weighted by molar-refractivity contribution is 0.101. The van der Waals surface area contributed by atoms with Gasteiger partial charge in [-0.3, -0.25) is 4.79 Å². The summed E-state index contributed by atoms with van der Waals surface area (Å²) >= 11 is 5.47. The van der Waals surface area contributed by atoms with Gasteiger partial charge >= 0.3 is 0 Å². The van der Waals surface area contributed by atoms with E-state index in [-0.39, 0.29) is 5.78 Å². The van der Waals surface area contributed by atoms with Gasteiger partial charge in [-0.2, -0.15) is 0 Å². The number of hydrogen-bond acceptors (Lipinski definition) is 1. The number of rotatable bonds is 3. The van der Waals surface area contributed by atoms with E-state index in [1.165, 1.54) is 19.1 Å². The van der Waals surface area contributed by atoms with Crippen molar-refractivity contribution in [1.29, 1.82) is 0 Å². The fraction of sp³-hybridized carbons (Fsp3) is 0.182. The summed E-state index contributed by atoms with van der Waals surface area (Å²) in [6, 6.07) is 4.12. The van der Waals surface area contributed by atoms with Crippen LogP contribution in [0.4, 0.5) is 4.39 Å². The zero-order valence-corrected chi connectivity index (χ0v) is 8.51. The van der Waals surface area contributed by atoms with Gasteiger partial charge in [-0.1, -0.05) is 18.2 Å². The topological polar surface area (TPSA) is 17.1 Å². The molecule has 0 N–H and O–H groups in total. The van der Waals surface area contributed by atoms with E-state index >= 15 is 0 Å². The van der Waals surface area contributed by atoms with Crippen LogP contribution >= 0.6 is 11.6 Å². The van der Waals surface area contributed by atoms with Crippen LogP contribution in [0, 0.1) is 5.82 Å². The summed E-state index contributed by atoms with van der Waals surface area (Å²) in [7, 11) is 0. The van der Waals surface area contributed by atoms with Crippen molar-refractivity contribution < 1.29 is 9.18 Å². The van der Waals surface area contributed by atoms with Crippen LogP contribution in [0.2, 0.25) is 0 Å². The highest BCUT2D eigenvalue weighted by atomic mass is 35.5. The average Bonchev–Trinajstić information content (AvgIpc) is 2.15. The first-order valence-corrected chi connectivity index (χ1v) is 4.71. The van der Waals surface area contributed by atoms with Crippen LogP contribution < -0.4 is 0 Å². The molecule has 1 nitrogen and oxygen atoms in total. The maximum Gasteiger partial charge on any atom is 0.160 e. The number of carbonyl (C=O) groups is 1. The molecule has 14 heavy (non-hydrogen) atoms. The van der Waals surface area contributed by atoms with E-state index in [4.69, 9.17) is 11.6 Å². The third kappa shape index (κ3) is 2.67. The number of halogens is 2. The van der Waals surface area contributed by atoms with E-state index in [9.17, 15) is 9.18 Å². The maximum absolute atomic E-state index is 12.8. The number of benzene rings is 1. The molecule has 0 unspecified atom stereocenters. The summed E-state index contributed by atoms with van der Waals surface area (Å²) in [5.41, 5.74) is 1.07. The minimum atomic E-state index is -0.404. The number of allylic oxidation sites excluding steroid dienone is 1. The Morgan fingerprint density at radius 2 is 2.29 bits per heavy atom. The minimum absolute atomic E-state index is 0.154. The van der Waals surface area contributed by atoms with Crippen LogP contribution in [0.1, 0.15) is 22.8 Å². The summed E-state index contributed by atoms with van der Waals surface area (Å²) in [6.45, 7) is 1.41. The Balaban J connectivity index is 3.15. The fourth-order valence-corrected chi connectivity index (χ4v) is 1.24. The van der Waals surface area contributed by atoms with E-state index in [0.717, 1.165) is 0 Å². The quantitative estimate of drug-likeness (QED) is 0.555. The molecule has 0 aliphatic rings. The highest BCUT2D eigenvalue weighted by molar-refractivity contribution is 6.19. The molecule has 0 aromatic heterocycles. The molecule has 1 aromatic carbocycles. The van der Waals surface area contributed by atoms with Crippen molar-refractivity contribution in [2.45, 2.75) is 6.92 Å². The molecule has 0 radical (unpaired) electrons. The van der Waals surface area contributed by atoms with Gasteiger partial charge in [0.05, 0.1) is 0 Å². The lowest BCUT2D eigenvalue weighted by Gasteiger charge is -2.01. The predicted octanol–water partition coefficient (Wildman–Crippen LogP) is 3.28. The first kappa shape index (κ1) is 10.9. The second kappa shape index (κ2) is 4.91. The molecule has 0 saturated carbocycles. The molecule has 0 aliphatic carbocycles. The number of alkyl halides is 1. The molecule has 0 saturated heterocycles. The van der Waals surface area contributed by atoms with Gasteiger partial charge in [0.2, 0.25) is 0 Å². The van der Waals surface area contributed by atoms with Crippen molar-refractivity contribution in [3.05, 3.63) is 41.2 Å². The molecular weight excluding hydrogens is 203 g/mol. The second-order valence-electron chi connectivity index (χ2n) is 2.84. The highest BCUT2D eigenvalue weighted by Gasteiger charge is 2.05. The van der Waals surface area contributed by atoms with Gasteiger partial charge in [0.15, 0.2) is 5.78 Å². The van der Waals surface area contributed by atoms with Gasteiger partial charge in [-0.25, -0.2) is 4.39 Å². The van der Waals surface area contributed by atoms with Crippen LogP contribution in [-0.2, 0) is 0 Å². The predicted molar refractivity (Wildman–Crippen MR) is 56.2 cm³/mol. The Bertz CT molecular complexity index is 372. The first-order chi connectivity index (χ1) is 6.65. The molecule has 1 aromatic rings. The molecule has 0 heterocycles. The Hall–Kier alpha value is -1.15. The molecule has 0 atom stereocenters. The van der Waals surface area contributed by atoms with Crippen molar-refractivity contribution in [2.75, 3.05) is 5.88 Å². The van der Waals surface area contributed by atoms with E-state index in [1.807, 2.05) is 0 Å². The summed E-state index contributed by atoms with van der Waals surface area (Å²) in [5, 5.41) is 0. The lowest BCUT2D eigenvalue weighted by Crippen LogP contribution is -1.96. The molecule has 0 bridgehead atoms. The molecule has 0 spiro atoms. The van der Waals surface area contributed by atoms with E-state index in [2.05, 4.69) is 0 Å². The van der Waals surface area contributed by atoms with Gasteiger partial charge in [0.25, 0.3) is 0 Å². The van der Waals surface area contributed by atoms with Gasteiger partial charge in [-0.15, -0.1) is 11.6 Å². The average molecular weight is 213 g/mol. The van der Waals surface area contributed by atoms with Crippen molar-refractivity contribution in [3.8, 4) is 0 Å². The molecule has 0 fully saturated rings. The van der Waals surface area contributed by atoms with Crippen LogP contribution in [0.15, 0.2) is 24.3 Å². The summed E-state index contributed by atoms with van der Waals surface area (Å²) in [4.78, 5) is 11.1. The zero-order valence-electron chi connectivity index (χ0n) is 7.76. The van der Waals surface area contributed by atoms with Gasteiger partial charge in [0, 0.05) is 11.4 Å². The van der Waals surface area contributed by atoms with Crippen molar-refractivity contribution in [3.63, 3.8) is 0 Å². The fourth-order valence-electron chi connectivity index (χ4n) is 1.15. The highest BCUT2D eigenvalue weighted by Crippen LogP contribution is 2.13. The van der Waals surface area contributed by atoms with E-state index in [0.29, 0.717) is 17.0 Å². The lowest BCUT2D eigenvalue weighted by atomic mass is 10.0. The van der Waals surface area contributed by atoms with Crippen LogP contribution in [-0.4, -0.2) is 11.7 Å². The Morgan fingerprint density at radius 1 is 1.57 bits per heavy atom. The third-order valence-corrected chi connectivity index (χ3v) is 1.96. The zero-order chi connectivity index (χ0) is 10.6. The smallest absolute Gasteiger partial charge is 0.160 e. The molecular formula is C11H10ClFO. The second-order valence-corrected chi connectivity index (χ2v) is 3.15. The monoisotopic (exact) mass is 212 g/mol. The van der Waals surface area contributed by atoms with Gasteiger partial charge < -0.3 is 0 Å². The maximum atomic E-state index is 12.8. The SMILES string of the molecule is CC(=O)c1cc(F)ccc1C=CCCl. The Labute approximate surface area is 87.2 Å².